The van der Waals surface area contributed by atoms with E-state index in [4.69, 9.17) is 4.74 Å². The summed E-state index contributed by atoms with van der Waals surface area (Å²) >= 11 is 1.29. The van der Waals surface area contributed by atoms with Gasteiger partial charge in [0.15, 0.2) is 6.61 Å². The molecule has 0 aliphatic heterocycles. The molecule has 0 aliphatic rings. The number of ether oxygens (including phenoxy) is 1. The van der Waals surface area contributed by atoms with Crippen LogP contribution in [0.25, 0.3) is 0 Å². The van der Waals surface area contributed by atoms with E-state index in [1.54, 1.807) is 54.6 Å². The normalized spacial score (nSPS) is 10.2. The number of nitrogens with zero attached hydrogens (tertiary/aromatic N) is 1. The highest BCUT2D eigenvalue weighted by molar-refractivity contribution is 7.99. The summed E-state index contributed by atoms with van der Waals surface area (Å²) < 4.78 is 18.1. The second kappa shape index (κ2) is 11.0. The first-order valence-electron chi connectivity index (χ1n) is 9.51. The molecule has 3 rings (SSSR count). The van der Waals surface area contributed by atoms with Crippen molar-refractivity contribution in [1.29, 1.82) is 5.26 Å². The van der Waals surface area contributed by atoms with Crippen LogP contribution < -0.4 is 5.32 Å². The molecule has 0 radical (unpaired) electrons. The third-order valence-electron chi connectivity index (χ3n) is 4.32. The molecule has 0 atom stereocenters. The van der Waals surface area contributed by atoms with Gasteiger partial charge in [0.1, 0.15) is 11.9 Å². The van der Waals surface area contributed by atoms with Crippen LogP contribution in [-0.2, 0) is 16.0 Å². The molecule has 0 bridgehead atoms. The lowest BCUT2D eigenvalue weighted by atomic mass is 10.1. The molecule has 0 aliphatic carbocycles. The lowest BCUT2D eigenvalue weighted by molar-refractivity contribution is -0.124. The summed E-state index contributed by atoms with van der Waals surface area (Å²) in [6.45, 7) is -0.0601. The Morgan fingerprint density at radius 3 is 2.39 bits per heavy atom. The average molecular weight is 434 g/mol. The minimum Gasteiger partial charge on any atom is -0.452 e. The molecule has 1 amide bonds. The minimum absolute atomic E-state index is 0.311. The molecule has 156 valence electrons. The fourth-order valence-corrected chi connectivity index (χ4v) is 3.76. The summed E-state index contributed by atoms with van der Waals surface area (Å²) in [5, 5.41) is 11.9. The Balaban J connectivity index is 1.54. The van der Waals surface area contributed by atoms with Gasteiger partial charge in [-0.15, -0.1) is 0 Å². The Hall–Kier alpha value is -3.63. The monoisotopic (exact) mass is 434 g/mol. The molecule has 0 aromatic heterocycles. The van der Waals surface area contributed by atoms with Crippen molar-refractivity contribution in [3.05, 3.63) is 95.3 Å². The first-order chi connectivity index (χ1) is 15.1. The lowest BCUT2D eigenvalue weighted by Gasteiger charge is -2.10. The second-order valence-electron chi connectivity index (χ2n) is 6.51. The summed E-state index contributed by atoms with van der Waals surface area (Å²) in [6, 6.07) is 22.1. The molecule has 0 fully saturated rings. The summed E-state index contributed by atoms with van der Waals surface area (Å²) in [5.41, 5.74) is 1.72. The van der Waals surface area contributed by atoms with E-state index in [-0.39, 0.29) is 5.82 Å². The van der Waals surface area contributed by atoms with Crippen molar-refractivity contribution in [3.63, 3.8) is 0 Å². The molecule has 7 heteroatoms. The zero-order valence-electron chi connectivity index (χ0n) is 16.5. The molecule has 0 saturated carbocycles. The van der Waals surface area contributed by atoms with Gasteiger partial charge in [-0.2, -0.15) is 5.26 Å². The predicted octanol–water partition coefficient (Wildman–Crippen LogP) is 4.36. The molecule has 31 heavy (non-hydrogen) atoms. The molecular weight excluding hydrogens is 415 g/mol. The van der Waals surface area contributed by atoms with Crippen LogP contribution >= 0.6 is 11.8 Å². The van der Waals surface area contributed by atoms with Gasteiger partial charge in [-0.1, -0.05) is 48.2 Å². The van der Waals surface area contributed by atoms with Crippen LogP contribution in [0.5, 0.6) is 0 Å². The predicted molar refractivity (Wildman–Crippen MR) is 115 cm³/mol. The van der Waals surface area contributed by atoms with Gasteiger partial charge in [0.25, 0.3) is 5.91 Å². The van der Waals surface area contributed by atoms with Gasteiger partial charge < -0.3 is 10.1 Å². The van der Waals surface area contributed by atoms with Gasteiger partial charge in [0.05, 0.1) is 11.1 Å². The number of nitrogens with one attached hydrogen (secondary N) is 1. The number of benzene rings is 3. The molecule has 0 unspecified atom stereocenters. The van der Waals surface area contributed by atoms with Crippen LogP contribution in [0, 0.1) is 17.1 Å². The second-order valence-corrected chi connectivity index (χ2v) is 7.59. The van der Waals surface area contributed by atoms with Crippen LogP contribution in [0.2, 0.25) is 0 Å². The highest BCUT2D eigenvalue weighted by atomic mass is 32.2. The first-order valence-corrected chi connectivity index (χ1v) is 10.3. The number of amides is 1. The summed E-state index contributed by atoms with van der Waals surface area (Å²) in [5.74, 6) is -1.35. The fourth-order valence-electron chi connectivity index (χ4n) is 2.75. The third kappa shape index (κ3) is 6.43. The van der Waals surface area contributed by atoms with Gasteiger partial charge in [-0.05, 0) is 48.4 Å². The molecule has 5 nitrogen and oxygen atoms in total. The van der Waals surface area contributed by atoms with Crippen molar-refractivity contribution in [2.75, 3.05) is 13.2 Å². The van der Waals surface area contributed by atoms with E-state index in [1.165, 1.54) is 23.9 Å². The van der Waals surface area contributed by atoms with Crippen molar-refractivity contribution < 1.29 is 18.7 Å². The average Bonchev–Trinajstić information content (AvgIpc) is 2.79. The number of nitriles is 1. The van der Waals surface area contributed by atoms with E-state index in [0.29, 0.717) is 29.0 Å². The summed E-state index contributed by atoms with van der Waals surface area (Å²) in [7, 11) is 0. The topological polar surface area (TPSA) is 79.2 Å². The van der Waals surface area contributed by atoms with Gasteiger partial charge in [-0.25, -0.2) is 9.18 Å². The number of hydrogen-bond acceptors (Lipinski definition) is 5. The van der Waals surface area contributed by atoms with Crippen molar-refractivity contribution in [1.82, 2.24) is 5.32 Å². The Morgan fingerprint density at radius 1 is 0.968 bits per heavy atom. The molecule has 0 spiro atoms. The highest BCUT2D eigenvalue weighted by Crippen LogP contribution is 2.32. The van der Waals surface area contributed by atoms with Crippen LogP contribution in [-0.4, -0.2) is 25.0 Å². The quantitative estimate of drug-likeness (QED) is 0.533. The lowest BCUT2D eigenvalue weighted by Crippen LogP contribution is -2.30. The maximum Gasteiger partial charge on any atom is 0.339 e. The van der Waals surface area contributed by atoms with Crippen LogP contribution in [0.3, 0.4) is 0 Å². The van der Waals surface area contributed by atoms with Crippen molar-refractivity contribution in [3.8, 4) is 6.07 Å². The highest BCUT2D eigenvalue weighted by Gasteiger charge is 2.16. The number of carbonyl (C=O) groups excluding carboxylic acids is 2. The number of halogens is 1. The zero-order chi connectivity index (χ0) is 22.1. The van der Waals surface area contributed by atoms with Crippen molar-refractivity contribution in [2.45, 2.75) is 16.2 Å². The summed E-state index contributed by atoms with van der Waals surface area (Å²) in [4.78, 5) is 25.9. The zero-order valence-corrected chi connectivity index (χ0v) is 17.3. The fraction of sp³-hybridized carbons (Fsp3) is 0.125. The minimum atomic E-state index is -0.619. The van der Waals surface area contributed by atoms with E-state index in [1.807, 2.05) is 6.07 Å². The SMILES string of the molecule is N#Cc1ccccc1Sc1ccccc1C(=O)OCC(=O)NCCc1ccc(F)cc1. The number of esters is 1. The Bertz CT molecular complexity index is 1110. The standard InChI is InChI=1S/C24H19FN2O3S/c25-19-11-9-17(10-12-19)13-14-27-23(28)16-30-24(29)20-6-2-4-8-22(20)31-21-7-3-1-5-18(21)15-26/h1-12H,13-14,16H2,(H,27,28). The van der Waals surface area contributed by atoms with Gasteiger partial charge in [0.2, 0.25) is 0 Å². The van der Waals surface area contributed by atoms with Crippen LogP contribution in [0.15, 0.2) is 82.6 Å². The van der Waals surface area contributed by atoms with E-state index in [9.17, 15) is 19.2 Å². The molecule has 3 aromatic carbocycles. The van der Waals surface area contributed by atoms with Crippen molar-refractivity contribution in [2.24, 2.45) is 0 Å². The third-order valence-corrected chi connectivity index (χ3v) is 5.47. The number of carbonyl (C=O) groups is 2. The van der Waals surface area contributed by atoms with E-state index in [2.05, 4.69) is 11.4 Å². The Labute approximate surface area is 183 Å². The maximum atomic E-state index is 12.9. The van der Waals surface area contributed by atoms with Crippen LogP contribution in [0.4, 0.5) is 4.39 Å². The van der Waals surface area contributed by atoms with E-state index >= 15 is 0 Å². The van der Waals surface area contributed by atoms with Gasteiger partial charge >= 0.3 is 5.97 Å². The first kappa shape index (κ1) is 22.1. The molecular formula is C24H19FN2O3S. The number of rotatable bonds is 8. The Morgan fingerprint density at radius 2 is 1.65 bits per heavy atom. The van der Waals surface area contributed by atoms with Crippen molar-refractivity contribution >= 4 is 23.6 Å². The maximum absolute atomic E-state index is 12.9. The molecule has 3 aromatic rings. The molecule has 0 heterocycles. The van der Waals surface area contributed by atoms with E-state index in [0.717, 1.165) is 10.5 Å². The smallest absolute Gasteiger partial charge is 0.339 e. The van der Waals surface area contributed by atoms with Gasteiger partial charge in [-0.3, -0.25) is 4.79 Å². The molecule has 0 saturated heterocycles. The van der Waals surface area contributed by atoms with Gasteiger partial charge in [0, 0.05) is 16.3 Å². The van der Waals surface area contributed by atoms with Crippen LogP contribution in [0.1, 0.15) is 21.5 Å². The Kier molecular flexibility index (Phi) is 7.79. The molecule has 1 N–H and O–H groups in total. The largest absolute Gasteiger partial charge is 0.452 e. The summed E-state index contributed by atoms with van der Waals surface area (Å²) in [6.07, 6.45) is 0.539. The number of hydrogen-bond donors (Lipinski definition) is 1. The van der Waals surface area contributed by atoms with E-state index < -0.39 is 18.5 Å².